The van der Waals surface area contributed by atoms with Crippen LogP contribution in [0.5, 0.6) is 0 Å². The van der Waals surface area contributed by atoms with Crippen molar-refractivity contribution in [3.63, 3.8) is 0 Å². The summed E-state index contributed by atoms with van der Waals surface area (Å²) < 4.78 is 4.73. The molecule has 0 unspecified atom stereocenters. The molecule has 0 atom stereocenters. The molecular weight excluding hydrogens is 212 g/mol. The Morgan fingerprint density at radius 2 is 1.81 bits per heavy atom. The van der Waals surface area contributed by atoms with Crippen molar-refractivity contribution in [3.05, 3.63) is 0 Å². The zero-order valence-electron chi connectivity index (χ0n) is 9.36. The van der Waals surface area contributed by atoms with Gasteiger partial charge in [0.15, 0.2) is 0 Å². The van der Waals surface area contributed by atoms with Gasteiger partial charge in [0.1, 0.15) is 0 Å². The molecule has 0 aromatic heterocycles. The second-order valence-electron chi connectivity index (χ2n) is 3.05. The minimum absolute atomic E-state index is 0.120. The second kappa shape index (κ2) is 7.51. The van der Waals surface area contributed by atoms with Gasteiger partial charge in [0, 0.05) is 6.42 Å². The molecule has 0 bridgehead atoms. The number of hydrogen-bond acceptors (Lipinski definition) is 6. The zero-order chi connectivity index (χ0) is 12.4. The molecule has 88 valence electrons. The molecule has 0 spiro atoms. The second-order valence-corrected chi connectivity index (χ2v) is 3.05. The van der Waals surface area contributed by atoms with Gasteiger partial charge in [-0.05, 0) is 13.3 Å². The van der Waals surface area contributed by atoms with Gasteiger partial charge in [0.25, 0.3) is 5.66 Å². The molecule has 0 rings (SSSR count). The van der Waals surface area contributed by atoms with Crippen LogP contribution < -0.4 is 0 Å². The summed E-state index contributed by atoms with van der Waals surface area (Å²) in [7, 11) is 0. The van der Waals surface area contributed by atoms with Gasteiger partial charge in [-0.2, -0.15) is 9.98 Å². The highest BCUT2D eigenvalue weighted by Crippen LogP contribution is 2.22. The molecule has 0 saturated heterocycles. The van der Waals surface area contributed by atoms with E-state index in [0.29, 0.717) is 6.42 Å². The summed E-state index contributed by atoms with van der Waals surface area (Å²) in [6.45, 7) is 3.62. The Balaban J connectivity index is 5.14. The standard InChI is InChI=1S/C10H14N2O4/c1-3-5-6-10(11-7-13,12-8-14)9(15)16-4-2/h3-6H2,1-2H3. The smallest absolute Gasteiger partial charge is 0.358 e. The number of esters is 1. The lowest BCUT2D eigenvalue weighted by atomic mass is 10.0. The number of carbonyl (C=O) groups excluding carboxylic acids is 3. The molecule has 0 heterocycles. The van der Waals surface area contributed by atoms with Gasteiger partial charge in [0.05, 0.1) is 6.61 Å². The van der Waals surface area contributed by atoms with E-state index in [-0.39, 0.29) is 13.0 Å². The largest absolute Gasteiger partial charge is 0.463 e. The molecule has 0 amide bonds. The van der Waals surface area contributed by atoms with Crippen molar-refractivity contribution in [1.82, 2.24) is 0 Å². The van der Waals surface area contributed by atoms with Crippen LogP contribution in [-0.4, -0.2) is 30.4 Å². The SMILES string of the molecule is CCCCC(N=C=O)(N=C=O)C(=O)OCC. The highest BCUT2D eigenvalue weighted by molar-refractivity contribution is 5.82. The lowest BCUT2D eigenvalue weighted by Crippen LogP contribution is -2.36. The van der Waals surface area contributed by atoms with E-state index in [0.717, 1.165) is 6.42 Å². The number of carbonyl (C=O) groups is 1. The molecule has 0 fully saturated rings. The first-order chi connectivity index (χ1) is 7.66. The van der Waals surface area contributed by atoms with Crippen LogP contribution in [0.1, 0.15) is 33.1 Å². The summed E-state index contributed by atoms with van der Waals surface area (Å²) in [6.07, 6.45) is 3.96. The molecule has 6 nitrogen and oxygen atoms in total. The summed E-state index contributed by atoms with van der Waals surface area (Å²) in [5.41, 5.74) is -1.80. The molecule has 0 aromatic carbocycles. The molecular formula is C10H14N2O4. The fraction of sp³-hybridized carbons (Fsp3) is 0.700. The van der Waals surface area contributed by atoms with Crippen LogP contribution in [0.25, 0.3) is 0 Å². The lowest BCUT2D eigenvalue weighted by molar-refractivity contribution is -0.149. The molecule has 0 radical (unpaired) electrons. The summed E-state index contributed by atoms with van der Waals surface area (Å²) >= 11 is 0. The predicted octanol–water partition coefficient (Wildman–Crippen LogP) is 1.11. The van der Waals surface area contributed by atoms with E-state index in [9.17, 15) is 14.4 Å². The van der Waals surface area contributed by atoms with Gasteiger partial charge in [-0.15, -0.1) is 0 Å². The van der Waals surface area contributed by atoms with Crippen LogP contribution in [0.3, 0.4) is 0 Å². The van der Waals surface area contributed by atoms with Gasteiger partial charge < -0.3 is 4.74 Å². The molecule has 0 N–H and O–H groups in total. The number of nitrogens with zero attached hydrogens (tertiary/aromatic N) is 2. The maximum absolute atomic E-state index is 11.6. The average molecular weight is 226 g/mol. The highest BCUT2D eigenvalue weighted by atomic mass is 16.5. The fourth-order valence-electron chi connectivity index (χ4n) is 1.15. The topological polar surface area (TPSA) is 85.2 Å². The van der Waals surface area contributed by atoms with Crippen LogP contribution >= 0.6 is 0 Å². The Kier molecular flexibility index (Phi) is 6.68. The number of rotatable bonds is 7. The number of aliphatic imine (C=N–C) groups is 2. The van der Waals surface area contributed by atoms with E-state index in [2.05, 4.69) is 9.98 Å². The van der Waals surface area contributed by atoms with E-state index in [4.69, 9.17) is 4.74 Å². The maximum atomic E-state index is 11.6. The number of unbranched alkanes of at least 4 members (excludes halogenated alkanes) is 1. The first kappa shape index (κ1) is 14.2. The van der Waals surface area contributed by atoms with Crippen LogP contribution in [0, 0.1) is 0 Å². The quantitative estimate of drug-likeness (QED) is 0.369. The van der Waals surface area contributed by atoms with E-state index in [1.807, 2.05) is 6.92 Å². The number of isocyanates is 2. The number of hydrogen-bond donors (Lipinski definition) is 0. The Morgan fingerprint density at radius 1 is 1.25 bits per heavy atom. The third-order valence-corrected chi connectivity index (χ3v) is 1.94. The molecule has 0 aromatic rings. The summed E-state index contributed by atoms with van der Waals surface area (Å²) in [5.74, 6) is -0.824. The molecule has 0 aliphatic rings. The minimum atomic E-state index is -1.80. The van der Waals surface area contributed by atoms with Crippen molar-refractivity contribution >= 4 is 18.1 Å². The van der Waals surface area contributed by atoms with Crippen LogP contribution in [-0.2, 0) is 19.1 Å². The highest BCUT2D eigenvalue weighted by Gasteiger charge is 2.39. The first-order valence-corrected chi connectivity index (χ1v) is 5.02. The lowest BCUT2D eigenvalue weighted by Gasteiger charge is -2.19. The maximum Gasteiger partial charge on any atom is 0.358 e. The van der Waals surface area contributed by atoms with E-state index >= 15 is 0 Å². The van der Waals surface area contributed by atoms with Gasteiger partial charge in [-0.25, -0.2) is 14.4 Å². The van der Waals surface area contributed by atoms with E-state index in [1.54, 1.807) is 6.92 Å². The Hall–Kier alpha value is -1.77. The van der Waals surface area contributed by atoms with Gasteiger partial charge in [-0.3, -0.25) is 0 Å². The fourth-order valence-corrected chi connectivity index (χ4v) is 1.15. The van der Waals surface area contributed by atoms with Crippen LogP contribution in [0.4, 0.5) is 0 Å². The number of ether oxygens (including phenoxy) is 1. The molecule has 0 aliphatic heterocycles. The molecule has 0 aliphatic carbocycles. The minimum Gasteiger partial charge on any atom is -0.463 e. The van der Waals surface area contributed by atoms with Crippen LogP contribution in [0.2, 0.25) is 0 Å². The molecule has 16 heavy (non-hydrogen) atoms. The monoisotopic (exact) mass is 226 g/mol. The molecule has 6 heteroatoms. The van der Waals surface area contributed by atoms with Crippen molar-refractivity contribution in [2.75, 3.05) is 6.61 Å². The average Bonchev–Trinajstić information content (AvgIpc) is 2.27. The predicted molar refractivity (Wildman–Crippen MR) is 55.1 cm³/mol. The third kappa shape index (κ3) is 3.77. The van der Waals surface area contributed by atoms with E-state index in [1.165, 1.54) is 12.2 Å². The van der Waals surface area contributed by atoms with Crippen molar-refractivity contribution in [3.8, 4) is 0 Å². The Bertz CT molecular complexity index is 310. The van der Waals surface area contributed by atoms with Crippen molar-refractivity contribution < 1.29 is 19.1 Å². The first-order valence-electron chi connectivity index (χ1n) is 5.02. The van der Waals surface area contributed by atoms with Gasteiger partial charge in [0.2, 0.25) is 12.2 Å². The normalized spacial score (nSPS) is 12.9. The Labute approximate surface area is 93.4 Å². The summed E-state index contributed by atoms with van der Waals surface area (Å²) in [6, 6.07) is 0. The van der Waals surface area contributed by atoms with Crippen LogP contribution in [0.15, 0.2) is 9.98 Å². The van der Waals surface area contributed by atoms with Gasteiger partial charge in [-0.1, -0.05) is 13.3 Å². The molecule has 0 saturated carbocycles. The van der Waals surface area contributed by atoms with Gasteiger partial charge >= 0.3 is 5.97 Å². The Morgan fingerprint density at radius 3 is 2.19 bits per heavy atom. The summed E-state index contributed by atoms with van der Waals surface area (Å²) in [5, 5.41) is 0. The third-order valence-electron chi connectivity index (χ3n) is 1.94. The van der Waals surface area contributed by atoms with Crippen molar-refractivity contribution in [1.29, 1.82) is 0 Å². The summed E-state index contributed by atoms with van der Waals surface area (Å²) in [4.78, 5) is 38.7. The zero-order valence-corrected chi connectivity index (χ0v) is 9.36. The van der Waals surface area contributed by atoms with E-state index < -0.39 is 11.6 Å². The van der Waals surface area contributed by atoms with Crippen molar-refractivity contribution in [2.45, 2.75) is 38.8 Å². The van der Waals surface area contributed by atoms with Crippen molar-refractivity contribution in [2.24, 2.45) is 9.98 Å².